The van der Waals surface area contributed by atoms with Gasteiger partial charge in [-0.1, -0.05) is 0 Å². The number of thioether (sulfide) groups is 1. The standard InChI is InChI=1S/C18H14N4O3S/c1-22(2)15-4-3-10(8-20-15)13-9-19-7-11-5-12(25-16(11)13)6-14-17(23)21-18(24)26-14/h3-9H,1-2H3,(H,21,23,24)/b14-6-. The maximum absolute atomic E-state index is 11.7. The molecule has 26 heavy (non-hydrogen) atoms. The summed E-state index contributed by atoms with van der Waals surface area (Å²) in [7, 11) is 3.86. The Morgan fingerprint density at radius 1 is 1.19 bits per heavy atom. The van der Waals surface area contributed by atoms with Gasteiger partial charge in [-0.05, 0) is 30.0 Å². The van der Waals surface area contributed by atoms with E-state index >= 15 is 0 Å². The molecule has 0 bridgehead atoms. The molecule has 0 spiro atoms. The van der Waals surface area contributed by atoms with Gasteiger partial charge < -0.3 is 9.32 Å². The zero-order chi connectivity index (χ0) is 18.3. The second-order valence-electron chi connectivity index (χ2n) is 5.91. The minimum atomic E-state index is -0.415. The highest BCUT2D eigenvalue weighted by molar-refractivity contribution is 8.18. The highest BCUT2D eigenvalue weighted by Crippen LogP contribution is 2.32. The van der Waals surface area contributed by atoms with Gasteiger partial charge in [-0.15, -0.1) is 0 Å². The molecule has 7 nitrogen and oxygen atoms in total. The third-order valence-electron chi connectivity index (χ3n) is 3.87. The molecule has 0 atom stereocenters. The van der Waals surface area contributed by atoms with Gasteiger partial charge in [0.05, 0.1) is 4.91 Å². The van der Waals surface area contributed by atoms with E-state index in [-0.39, 0.29) is 5.24 Å². The van der Waals surface area contributed by atoms with E-state index in [0.29, 0.717) is 16.2 Å². The first-order valence-corrected chi connectivity index (χ1v) is 8.59. The number of furan rings is 1. The molecule has 0 aromatic carbocycles. The summed E-state index contributed by atoms with van der Waals surface area (Å²) in [5, 5.41) is 2.65. The molecular weight excluding hydrogens is 352 g/mol. The van der Waals surface area contributed by atoms with Gasteiger partial charge in [0.1, 0.15) is 17.2 Å². The van der Waals surface area contributed by atoms with E-state index in [0.717, 1.165) is 34.1 Å². The lowest BCUT2D eigenvalue weighted by atomic mass is 10.1. The molecule has 1 saturated heterocycles. The average Bonchev–Trinajstić information content (AvgIpc) is 3.17. The molecule has 130 valence electrons. The molecule has 0 aliphatic carbocycles. The van der Waals surface area contributed by atoms with E-state index < -0.39 is 5.91 Å². The summed E-state index contributed by atoms with van der Waals surface area (Å²) >= 11 is 0.855. The van der Waals surface area contributed by atoms with Crippen LogP contribution in [0.25, 0.3) is 28.2 Å². The van der Waals surface area contributed by atoms with Gasteiger partial charge in [0.2, 0.25) is 0 Å². The highest BCUT2D eigenvalue weighted by Gasteiger charge is 2.25. The molecule has 1 N–H and O–H groups in total. The van der Waals surface area contributed by atoms with E-state index in [2.05, 4.69) is 15.3 Å². The van der Waals surface area contributed by atoms with E-state index in [1.807, 2.05) is 31.1 Å². The second-order valence-corrected chi connectivity index (χ2v) is 6.92. The maximum atomic E-state index is 11.7. The maximum Gasteiger partial charge on any atom is 0.290 e. The van der Waals surface area contributed by atoms with Crippen molar-refractivity contribution < 1.29 is 14.0 Å². The van der Waals surface area contributed by atoms with Crippen molar-refractivity contribution >= 4 is 45.8 Å². The number of hydrogen-bond donors (Lipinski definition) is 1. The summed E-state index contributed by atoms with van der Waals surface area (Å²) in [6.07, 6.45) is 6.74. The van der Waals surface area contributed by atoms with Crippen molar-refractivity contribution in [3.63, 3.8) is 0 Å². The smallest absolute Gasteiger partial charge is 0.290 e. The number of imide groups is 1. The fourth-order valence-electron chi connectivity index (χ4n) is 2.62. The molecule has 0 unspecified atom stereocenters. The van der Waals surface area contributed by atoms with Gasteiger partial charge in [-0.3, -0.25) is 19.9 Å². The minimum Gasteiger partial charge on any atom is -0.456 e. The number of carbonyl (C=O) groups is 2. The van der Waals surface area contributed by atoms with Crippen molar-refractivity contribution in [2.45, 2.75) is 0 Å². The van der Waals surface area contributed by atoms with E-state index in [9.17, 15) is 9.59 Å². The summed E-state index contributed by atoms with van der Waals surface area (Å²) in [6, 6.07) is 5.67. The number of pyridine rings is 2. The summed E-state index contributed by atoms with van der Waals surface area (Å²) in [5.74, 6) is 0.925. The molecule has 3 aromatic heterocycles. The summed E-state index contributed by atoms with van der Waals surface area (Å²) in [5.41, 5.74) is 2.34. The van der Waals surface area contributed by atoms with Crippen LogP contribution in [0.2, 0.25) is 0 Å². The average molecular weight is 366 g/mol. The van der Waals surface area contributed by atoms with Crippen LogP contribution >= 0.6 is 11.8 Å². The Morgan fingerprint density at radius 3 is 2.69 bits per heavy atom. The Balaban J connectivity index is 1.75. The van der Waals surface area contributed by atoms with Crippen molar-refractivity contribution in [3.8, 4) is 11.1 Å². The molecular formula is C18H14N4O3S. The molecule has 1 fully saturated rings. The van der Waals surface area contributed by atoms with E-state index in [1.54, 1.807) is 30.7 Å². The third-order valence-corrected chi connectivity index (χ3v) is 4.68. The predicted octanol–water partition coefficient (Wildman–Crippen LogP) is 3.28. The Bertz CT molecular complexity index is 1050. The molecule has 1 aliphatic rings. The van der Waals surface area contributed by atoms with E-state index in [4.69, 9.17) is 4.42 Å². The highest BCUT2D eigenvalue weighted by atomic mass is 32.2. The zero-order valence-electron chi connectivity index (χ0n) is 14.0. The van der Waals surface area contributed by atoms with Crippen molar-refractivity contribution in [1.82, 2.24) is 15.3 Å². The SMILES string of the molecule is CN(C)c1ccc(-c2cncc3cc(/C=C4\SC(=O)NC4=O)oc23)cn1. The van der Waals surface area contributed by atoms with E-state index in [1.165, 1.54) is 0 Å². The summed E-state index contributed by atoms with van der Waals surface area (Å²) in [4.78, 5) is 33.9. The molecule has 3 aromatic rings. The van der Waals surface area contributed by atoms with Gasteiger partial charge in [-0.25, -0.2) is 4.98 Å². The number of nitrogens with one attached hydrogen (secondary N) is 1. The van der Waals surface area contributed by atoms with Crippen LogP contribution in [-0.4, -0.2) is 35.2 Å². The Hall–Kier alpha value is -3.13. The number of anilines is 1. The lowest BCUT2D eigenvalue weighted by molar-refractivity contribution is -0.115. The van der Waals surface area contributed by atoms with Crippen LogP contribution in [-0.2, 0) is 4.79 Å². The van der Waals surface area contributed by atoms with Crippen LogP contribution in [0, 0.1) is 0 Å². The topological polar surface area (TPSA) is 88.3 Å². The van der Waals surface area contributed by atoms with Gasteiger partial charge in [0, 0.05) is 55.3 Å². The first-order chi connectivity index (χ1) is 12.5. The van der Waals surface area contributed by atoms with Crippen LogP contribution < -0.4 is 10.2 Å². The van der Waals surface area contributed by atoms with Gasteiger partial charge >= 0.3 is 0 Å². The summed E-state index contributed by atoms with van der Waals surface area (Å²) in [6.45, 7) is 0. The van der Waals surface area contributed by atoms with Crippen molar-refractivity contribution in [3.05, 3.63) is 47.5 Å². The lowest BCUT2D eigenvalue weighted by Crippen LogP contribution is -2.17. The Morgan fingerprint density at radius 2 is 2.04 bits per heavy atom. The van der Waals surface area contributed by atoms with Crippen LogP contribution in [0.1, 0.15) is 5.76 Å². The number of nitrogens with zero attached hydrogens (tertiary/aromatic N) is 3. The second kappa shape index (κ2) is 6.30. The number of aromatic nitrogens is 2. The third kappa shape index (κ3) is 2.95. The minimum absolute atomic E-state index is 0.306. The van der Waals surface area contributed by atoms with Crippen molar-refractivity contribution in [2.24, 2.45) is 0 Å². The van der Waals surface area contributed by atoms with Gasteiger partial charge in [0.25, 0.3) is 11.1 Å². The van der Waals surface area contributed by atoms with Gasteiger partial charge in [-0.2, -0.15) is 0 Å². The Kier molecular flexibility index (Phi) is 3.96. The molecule has 4 rings (SSSR count). The predicted molar refractivity (Wildman–Crippen MR) is 101 cm³/mol. The van der Waals surface area contributed by atoms with Crippen LogP contribution in [0.15, 0.2) is 46.1 Å². The van der Waals surface area contributed by atoms with Crippen LogP contribution in [0.5, 0.6) is 0 Å². The number of amides is 2. The zero-order valence-corrected chi connectivity index (χ0v) is 14.8. The first kappa shape index (κ1) is 16.3. The normalized spacial score (nSPS) is 15.7. The number of rotatable bonds is 3. The van der Waals surface area contributed by atoms with Crippen LogP contribution in [0.4, 0.5) is 10.6 Å². The fraction of sp³-hybridized carbons (Fsp3) is 0.111. The van der Waals surface area contributed by atoms with Crippen LogP contribution in [0.3, 0.4) is 0 Å². The quantitative estimate of drug-likeness (QED) is 0.712. The molecule has 0 saturated carbocycles. The van der Waals surface area contributed by atoms with Crippen molar-refractivity contribution in [2.75, 3.05) is 19.0 Å². The molecule has 2 amide bonds. The molecule has 1 aliphatic heterocycles. The monoisotopic (exact) mass is 366 g/mol. The largest absolute Gasteiger partial charge is 0.456 e. The Labute approximate surface area is 153 Å². The number of fused-ring (bicyclic) bond motifs is 1. The number of hydrogen-bond acceptors (Lipinski definition) is 7. The molecule has 4 heterocycles. The fourth-order valence-corrected chi connectivity index (χ4v) is 3.28. The number of carbonyl (C=O) groups excluding carboxylic acids is 2. The van der Waals surface area contributed by atoms with Crippen molar-refractivity contribution in [1.29, 1.82) is 0 Å². The molecule has 0 radical (unpaired) electrons. The van der Waals surface area contributed by atoms with Gasteiger partial charge in [0.15, 0.2) is 0 Å². The molecule has 8 heteroatoms. The lowest BCUT2D eigenvalue weighted by Gasteiger charge is -2.11. The first-order valence-electron chi connectivity index (χ1n) is 7.77. The summed E-state index contributed by atoms with van der Waals surface area (Å²) < 4.78 is 5.92.